The van der Waals surface area contributed by atoms with Gasteiger partial charge in [0.15, 0.2) is 0 Å². The minimum absolute atomic E-state index is 0.0433. The molecule has 4 heterocycles. The number of thiazole rings is 1. The van der Waals surface area contributed by atoms with Crippen molar-refractivity contribution in [1.29, 1.82) is 0 Å². The lowest BCUT2D eigenvalue weighted by Crippen LogP contribution is -2.51. The summed E-state index contributed by atoms with van der Waals surface area (Å²) in [6.45, 7) is 6.29. The van der Waals surface area contributed by atoms with Crippen LogP contribution in [0.1, 0.15) is 58.5 Å². The molecule has 2 fully saturated rings. The molecule has 6 rings (SSSR count). The number of hydrogen-bond acceptors (Lipinski definition) is 9. The minimum Gasteiger partial charge on any atom is -0.469 e. The van der Waals surface area contributed by atoms with E-state index in [1.54, 1.807) is 18.3 Å². The third kappa shape index (κ3) is 7.66. The number of halogens is 2. The second-order valence-corrected chi connectivity index (χ2v) is 15.0. The number of thiophene rings is 1. The number of morpholine rings is 1. The van der Waals surface area contributed by atoms with E-state index >= 15 is 0 Å². The van der Waals surface area contributed by atoms with Crippen LogP contribution >= 0.6 is 45.9 Å². The van der Waals surface area contributed by atoms with Crippen molar-refractivity contribution in [2.75, 3.05) is 32.1 Å². The highest BCUT2D eigenvalue weighted by molar-refractivity contribution is 7.17. The fourth-order valence-electron chi connectivity index (χ4n) is 6.45. The summed E-state index contributed by atoms with van der Waals surface area (Å²) in [4.78, 5) is 48.9. The lowest BCUT2D eigenvalue weighted by molar-refractivity contribution is -0.140. The normalized spacial score (nSPS) is 21.7. The number of fused-ring (bicyclic) bond motifs is 1. The van der Waals surface area contributed by atoms with Crippen molar-refractivity contribution in [1.82, 2.24) is 14.8 Å². The van der Waals surface area contributed by atoms with E-state index in [-0.39, 0.29) is 54.9 Å². The predicted octanol–water partition coefficient (Wildman–Crippen LogP) is 7.02. The van der Waals surface area contributed by atoms with Crippen molar-refractivity contribution in [3.05, 3.63) is 79.0 Å². The molecule has 0 bridgehead atoms. The van der Waals surface area contributed by atoms with Crippen LogP contribution in [-0.4, -0.2) is 77.6 Å². The zero-order valence-corrected chi connectivity index (χ0v) is 29.5. The fourth-order valence-corrected chi connectivity index (χ4v) is 8.90. The van der Waals surface area contributed by atoms with E-state index in [0.717, 1.165) is 39.5 Å². The van der Waals surface area contributed by atoms with E-state index < -0.39 is 0 Å². The number of likely N-dealkylation sites (tertiary alicyclic amines) is 1. The third-order valence-corrected chi connectivity index (χ3v) is 11.5. The number of anilines is 1. The van der Waals surface area contributed by atoms with E-state index in [0.29, 0.717) is 39.8 Å². The highest BCUT2D eigenvalue weighted by Gasteiger charge is 2.42. The quantitative estimate of drug-likeness (QED) is 0.186. The van der Waals surface area contributed by atoms with Gasteiger partial charge in [0.1, 0.15) is 5.01 Å². The molecule has 0 saturated carbocycles. The first-order valence-corrected chi connectivity index (χ1v) is 18.0. The molecule has 0 radical (unpaired) electrons. The van der Waals surface area contributed by atoms with Crippen LogP contribution in [0, 0.1) is 0 Å². The van der Waals surface area contributed by atoms with Crippen molar-refractivity contribution in [3.63, 3.8) is 0 Å². The maximum Gasteiger partial charge on any atom is 0.305 e. The Morgan fingerprint density at radius 1 is 1.09 bits per heavy atom. The van der Waals surface area contributed by atoms with Gasteiger partial charge in [-0.1, -0.05) is 41.4 Å². The highest BCUT2D eigenvalue weighted by Crippen LogP contribution is 2.39. The minimum atomic E-state index is -0.281. The van der Waals surface area contributed by atoms with E-state index in [4.69, 9.17) is 37.7 Å². The molecule has 2 aliphatic heterocycles. The van der Waals surface area contributed by atoms with Crippen LogP contribution in [0.2, 0.25) is 10.0 Å². The largest absolute Gasteiger partial charge is 0.469 e. The summed E-state index contributed by atoms with van der Waals surface area (Å²) in [7, 11) is 1.38. The molecule has 2 amide bonds. The molecule has 2 aliphatic rings. The van der Waals surface area contributed by atoms with Crippen LogP contribution in [-0.2, 0) is 31.9 Å². The van der Waals surface area contributed by atoms with Crippen molar-refractivity contribution in [2.45, 2.75) is 63.8 Å². The van der Waals surface area contributed by atoms with Gasteiger partial charge in [0.2, 0.25) is 5.91 Å². The number of benzene rings is 2. The average molecular weight is 716 g/mol. The SMILES string of the molecule is COC(=O)CCc1cnc([C@@H]2C[C@H](N3C[C@@H](C)O[C@@H](C)C3)CN2C(=O)Cc2cc(Cl)c(NC(=O)c3csc4ccccc34)cc2Cl)s1. The van der Waals surface area contributed by atoms with Gasteiger partial charge in [0.25, 0.3) is 5.91 Å². The summed E-state index contributed by atoms with van der Waals surface area (Å²) in [6.07, 6.45) is 3.59. The number of hydrogen-bond donors (Lipinski definition) is 1. The lowest BCUT2D eigenvalue weighted by atomic mass is 10.1. The van der Waals surface area contributed by atoms with Crippen LogP contribution in [0.4, 0.5) is 5.69 Å². The second kappa shape index (κ2) is 14.6. The first kappa shape index (κ1) is 33.8. The lowest BCUT2D eigenvalue weighted by Gasteiger charge is -2.38. The number of amides is 2. The Bertz CT molecular complexity index is 1780. The molecule has 4 atom stereocenters. The Labute approximate surface area is 291 Å². The van der Waals surface area contributed by atoms with Gasteiger partial charge in [-0.05, 0) is 50.5 Å². The van der Waals surface area contributed by atoms with Gasteiger partial charge in [-0.25, -0.2) is 4.98 Å². The van der Waals surface area contributed by atoms with E-state index in [9.17, 15) is 14.4 Å². The number of methoxy groups -OCH3 is 1. The molecule has 47 heavy (non-hydrogen) atoms. The van der Waals surface area contributed by atoms with Crippen molar-refractivity contribution >= 4 is 79.4 Å². The fraction of sp³-hybridized carbons (Fsp3) is 0.412. The molecule has 1 N–H and O–H groups in total. The third-order valence-electron chi connectivity index (χ3n) is 8.67. The molecule has 0 aliphatic carbocycles. The number of esters is 1. The summed E-state index contributed by atoms with van der Waals surface area (Å²) < 4.78 is 11.8. The van der Waals surface area contributed by atoms with Crippen LogP contribution in [0.15, 0.2) is 48.0 Å². The number of rotatable bonds is 9. The van der Waals surface area contributed by atoms with E-state index in [1.807, 2.05) is 34.5 Å². The Hall–Kier alpha value is -3.06. The second-order valence-electron chi connectivity index (χ2n) is 12.1. The Morgan fingerprint density at radius 2 is 1.85 bits per heavy atom. The number of ether oxygens (including phenoxy) is 2. The topological polar surface area (TPSA) is 101 Å². The van der Waals surface area contributed by atoms with Crippen LogP contribution < -0.4 is 5.32 Å². The van der Waals surface area contributed by atoms with Gasteiger partial charge in [0.05, 0.1) is 54.5 Å². The number of carbonyl (C=O) groups is 3. The maximum atomic E-state index is 14.1. The van der Waals surface area contributed by atoms with Gasteiger partial charge < -0.3 is 19.7 Å². The Kier molecular flexibility index (Phi) is 10.5. The zero-order valence-electron chi connectivity index (χ0n) is 26.3. The highest BCUT2D eigenvalue weighted by atomic mass is 35.5. The van der Waals surface area contributed by atoms with Gasteiger partial charge in [-0.15, -0.1) is 22.7 Å². The maximum absolute atomic E-state index is 14.1. The number of aryl methyl sites for hydroxylation is 1. The first-order chi connectivity index (χ1) is 22.6. The molecule has 2 aromatic heterocycles. The standard InChI is InChI=1S/C34H36Cl2N4O5S2/c1-19-15-39(16-20(2)45-19)22-12-29(34-37-14-23(47-34)8-9-32(42)44-3)40(17-22)31(41)11-21-10-27(36)28(13-26(21)35)38-33(43)25-18-46-30-7-5-4-6-24(25)30/h4-7,10,13-14,18-20,22,29H,8-9,11-12,15-17H2,1-3H3,(H,38,43)/t19-,20+,22-,29-/m0/s1. The van der Waals surface area contributed by atoms with Crippen LogP contribution in [0.25, 0.3) is 10.1 Å². The summed E-state index contributed by atoms with van der Waals surface area (Å²) in [5.74, 6) is -0.636. The van der Waals surface area contributed by atoms with E-state index in [2.05, 4.69) is 24.1 Å². The van der Waals surface area contributed by atoms with Gasteiger partial charge >= 0.3 is 5.97 Å². The average Bonchev–Trinajstić information content (AvgIpc) is 3.80. The summed E-state index contributed by atoms with van der Waals surface area (Å²) in [6, 6.07) is 10.9. The Morgan fingerprint density at radius 3 is 2.62 bits per heavy atom. The van der Waals surface area contributed by atoms with Gasteiger partial charge in [-0.2, -0.15) is 0 Å². The van der Waals surface area contributed by atoms with Crippen LogP contribution in [0.5, 0.6) is 0 Å². The monoisotopic (exact) mass is 714 g/mol. The summed E-state index contributed by atoms with van der Waals surface area (Å²) in [5, 5.41) is 7.07. The van der Waals surface area contributed by atoms with Crippen molar-refractivity contribution < 1.29 is 23.9 Å². The number of nitrogens with one attached hydrogen (secondary N) is 1. The predicted molar refractivity (Wildman–Crippen MR) is 187 cm³/mol. The molecule has 2 saturated heterocycles. The van der Waals surface area contributed by atoms with E-state index in [1.165, 1.54) is 29.8 Å². The molecule has 13 heteroatoms. The van der Waals surface area contributed by atoms with Crippen LogP contribution in [0.3, 0.4) is 0 Å². The molecule has 9 nitrogen and oxygen atoms in total. The molecule has 4 aromatic rings. The summed E-state index contributed by atoms with van der Waals surface area (Å²) in [5.41, 5.74) is 1.52. The molecule has 0 spiro atoms. The number of nitrogens with zero attached hydrogens (tertiary/aromatic N) is 3. The molecule has 0 unspecified atom stereocenters. The number of aromatic nitrogens is 1. The number of carbonyl (C=O) groups excluding carboxylic acids is 3. The smallest absolute Gasteiger partial charge is 0.305 e. The molecule has 2 aromatic carbocycles. The van der Waals surface area contributed by atoms with Crippen molar-refractivity contribution in [3.8, 4) is 0 Å². The molecular formula is C34H36Cl2N4O5S2. The Balaban J connectivity index is 1.20. The zero-order chi connectivity index (χ0) is 33.2. The van der Waals surface area contributed by atoms with Gasteiger partial charge in [-0.3, -0.25) is 19.3 Å². The van der Waals surface area contributed by atoms with Gasteiger partial charge in [0, 0.05) is 57.2 Å². The molecule has 248 valence electrons. The summed E-state index contributed by atoms with van der Waals surface area (Å²) >= 11 is 16.4. The molecular weight excluding hydrogens is 679 g/mol. The van der Waals surface area contributed by atoms with Crippen molar-refractivity contribution in [2.24, 2.45) is 0 Å². The first-order valence-electron chi connectivity index (χ1n) is 15.6.